The van der Waals surface area contributed by atoms with Gasteiger partial charge < -0.3 is 16.2 Å². The van der Waals surface area contributed by atoms with Gasteiger partial charge in [0.05, 0.1) is 10.6 Å². The second kappa shape index (κ2) is 5.23. The molecule has 1 saturated carbocycles. The molecule has 2 atom stereocenters. The maximum absolute atomic E-state index is 11.9. The number of anilines is 1. The zero-order valence-electron chi connectivity index (χ0n) is 10.2. The van der Waals surface area contributed by atoms with Gasteiger partial charge in [0.25, 0.3) is 5.69 Å². The Morgan fingerprint density at radius 3 is 2.79 bits per heavy atom. The number of carbonyl (C=O) groups is 1. The number of hydrogen-bond acceptors (Lipinski definition) is 5. The number of non-ortho nitro benzene ring substituents is 1. The first-order chi connectivity index (χ1) is 8.97. The summed E-state index contributed by atoms with van der Waals surface area (Å²) in [6.07, 6.45) is 2.09. The third kappa shape index (κ3) is 3.00. The monoisotopic (exact) mass is 265 g/mol. The average molecular weight is 265 g/mol. The van der Waals surface area contributed by atoms with Crippen molar-refractivity contribution in [1.29, 1.82) is 0 Å². The smallest absolute Gasteiger partial charge is 0.271 e. The molecule has 1 amide bonds. The predicted octanol–water partition coefficient (Wildman–Crippen LogP) is 1.37. The van der Waals surface area contributed by atoms with Gasteiger partial charge in [-0.15, -0.1) is 0 Å². The van der Waals surface area contributed by atoms with Crippen LogP contribution in [0.3, 0.4) is 0 Å². The number of nitrogens with one attached hydrogen (secondary N) is 1. The molecule has 1 fully saturated rings. The summed E-state index contributed by atoms with van der Waals surface area (Å²) in [6, 6.07) is 3.53. The molecule has 0 saturated heterocycles. The molecule has 1 aliphatic rings. The number of nitrogens with zero attached hydrogens (tertiary/aromatic N) is 1. The topological polar surface area (TPSA) is 118 Å². The Morgan fingerprint density at radius 2 is 2.21 bits per heavy atom. The van der Waals surface area contributed by atoms with E-state index >= 15 is 0 Å². The average Bonchev–Trinajstić information content (AvgIpc) is 2.78. The molecule has 0 aliphatic heterocycles. The number of rotatable bonds is 3. The first-order valence-electron chi connectivity index (χ1n) is 6.01. The molecule has 1 aliphatic carbocycles. The van der Waals surface area contributed by atoms with Gasteiger partial charge in [-0.05, 0) is 25.3 Å². The van der Waals surface area contributed by atoms with Crippen LogP contribution < -0.4 is 11.1 Å². The molecule has 4 N–H and O–H groups in total. The number of nitrogens with two attached hydrogens (primary N) is 1. The SMILES string of the molecule is NC1CCC(C(=O)Nc2cc([N+](=O)[O-])ccc2O)C1. The quantitative estimate of drug-likeness (QED) is 0.433. The number of aromatic hydroxyl groups is 1. The van der Waals surface area contributed by atoms with Gasteiger partial charge in [0, 0.05) is 24.1 Å². The summed E-state index contributed by atoms with van der Waals surface area (Å²) in [5.41, 5.74) is 5.60. The highest BCUT2D eigenvalue weighted by molar-refractivity contribution is 5.94. The van der Waals surface area contributed by atoms with Crippen molar-refractivity contribution in [1.82, 2.24) is 0 Å². The Labute approximate surface area is 109 Å². The van der Waals surface area contributed by atoms with Gasteiger partial charge in [-0.25, -0.2) is 0 Å². The Kier molecular flexibility index (Phi) is 3.66. The lowest BCUT2D eigenvalue weighted by atomic mass is 10.1. The summed E-state index contributed by atoms with van der Waals surface area (Å²) in [4.78, 5) is 22.0. The summed E-state index contributed by atoms with van der Waals surface area (Å²) < 4.78 is 0. The van der Waals surface area contributed by atoms with Crippen molar-refractivity contribution in [2.45, 2.75) is 25.3 Å². The van der Waals surface area contributed by atoms with Crippen LogP contribution in [0.4, 0.5) is 11.4 Å². The molecule has 7 heteroatoms. The highest BCUT2D eigenvalue weighted by Crippen LogP contribution is 2.30. The number of amides is 1. The highest BCUT2D eigenvalue weighted by atomic mass is 16.6. The lowest BCUT2D eigenvalue weighted by Crippen LogP contribution is -2.23. The molecule has 0 spiro atoms. The van der Waals surface area contributed by atoms with Crippen LogP contribution in [0.25, 0.3) is 0 Å². The normalized spacial score (nSPS) is 22.2. The molecule has 102 valence electrons. The lowest BCUT2D eigenvalue weighted by Gasteiger charge is -2.11. The first-order valence-corrected chi connectivity index (χ1v) is 6.01. The van der Waals surface area contributed by atoms with Crippen molar-refractivity contribution < 1.29 is 14.8 Å². The van der Waals surface area contributed by atoms with Crippen LogP contribution in [0, 0.1) is 16.0 Å². The van der Waals surface area contributed by atoms with E-state index in [2.05, 4.69) is 5.32 Å². The molecular weight excluding hydrogens is 250 g/mol. The van der Waals surface area contributed by atoms with Gasteiger partial charge in [-0.2, -0.15) is 0 Å². The standard InChI is InChI=1S/C12H15N3O4/c13-8-2-1-7(5-8)12(17)14-10-6-9(15(18)19)3-4-11(10)16/h3-4,6-8,16H,1-2,5,13H2,(H,14,17). The van der Waals surface area contributed by atoms with Gasteiger partial charge in [0.1, 0.15) is 5.75 Å². The minimum atomic E-state index is -0.583. The number of phenols is 1. The molecule has 7 nitrogen and oxygen atoms in total. The van der Waals surface area contributed by atoms with E-state index in [-0.39, 0.29) is 35.0 Å². The number of hydrogen-bond donors (Lipinski definition) is 3. The molecule has 0 aromatic heterocycles. The van der Waals surface area contributed by atoms with Crippen LogP contribution in [0.15, 0.2) is 18.2 Å². The van der Waals surface area contributed by atoms with Crippen LogP contribution in [-0.4, -0.2) is 22.0 Å². The van der Waals surface area contributed by atoms with Crippen LogP contribution in [0.5, 0.6) is 5.75 Å². The number of phenolic OH excluding ortho intramolecular Hbond substituents is 1. The van der Waals surface area contributed by atoms with E-state index in [1.807, 2.05) is 0 Å². The van der Waals surface area contributed by atoms with Crippen LogP contribution in [-0.2, 0) is 4.79 Å². The zero-order valence-corrected chi connectivity index (χ0v) is 10.2. The van der Waals surface area contributed by atoms with E-state index < -0.39 is 4.92 Å². The van der Waals surface area contributed by atoms with Gasteiger partial charge in [0.2, 0.25) is 5.91 Å². The van der Waals surface area contributed by atoms with Crippen molar-refractivity contribution in [2.75, 3.05) is 5.32 Å². The van der Waals surface area contributed by atoms with Crippen molar-refractivity contribution in [3.63, 3.8) is 0 Å². The third-order valence-corrected chi connectivity index (χ3v) is 3.29. The molecule has 2 rings (SSSR count). The number of nitro benzene ring substituents is 1. The molecule has 2 unspecified atom stereocenters. The Hall–Kier alpha value is -2.15. The molecule has 0 bridgehead atoms. The van der Waals surface area contributed by atoms with Crippen molar-refractivity contribution in [3.05, 3.63) is 28.3 Å². The predicted molar refractivity (Wildman–Crippen MR) is 68.7 cm³/mol. The van der Waals surface area contributed by atoms with Crippen molar-refractivity contribution >= 4 is 17.3 Å². The fourth-order valence-electron chi connectivity index (χ4n) is 2.23. The number of carbonyl (C=O) groups excluding carboxylic acids is 1. The third-order valence-electron chi connectivity index (χ3n) is 3.29. The van der Waals surface area contributed by atoms with Crippen LogP contribution >= 0.6 is 0 Å². The van der Waals surface area contributed by atoms with Gasteiger partial charge >= 0.3 is 0 Å². The van der Waals surface area contributed by atoms with E-state index in [0.29, 0.717) is 12.8 Å². The Balaban J connectivity index is 2.12. The van der Waals surface area contributed by atoms with Gasteiger partial charge in [-0.3, -0.25) is 14.9 Å². The maximum atomic E-state index is 11.9. The van der Waals surface area contributed by atoms with E-state index in [1.54, 1.807) is 0 Å². The largest absolute Gasteiger partial charge is 0.506 e. The molecule has 0 radical (unpaired) electrons. The lowest BCUT2D eigenvalue weighted by molar-refractivity contribution is -0.384. The summed E-state index contributed by atoms with van der Waals surface area (Å²) in [5.74, 6) is -0.654. The minimum Gasteiger partial charge on any atom is -0.506 e. The second-order valence-corrected chi connectivity index (χ2v) is 4.72. The Bertz CT molecular complexity index is 518. The number of benzene rings is 1. The molecule has 0 heterocycles. The van der Waals surface area contributed by atoms with E-state index in [9.17, 15) is 20.0 Å². The van der Waals surface area contributed by atoms with E-state index in [0.717, 1.165) is 12.5 Å². The Morgan fingerprint density at radius 1 is 1.47 bits per heavy atom. The maximum Gasteiger partial charge on any atom is 0.271 e. The van der Waals surface area contributed by atoms with Gasteiger partial charge in [0.15, 0.2) is 0 Å². The van der Waals surface area contributed by atoms with E-state index in [4.69, 9.17) is 5.73 Å². The highest BCUT2D eigenvalue weighted by Gasteiger charge is 2.28. The molecule has 19 heavy (non-hydrogen) atoms. The van der Waals surface area contributed by atoms with Crippen molar-refractivity contribution in [3.8, 4) is 5.75 Å². The summed E-state index contributed by atoms with van der Waals surface area (Å²) in [6.45, 7) is 0. The zero-order chi connectivity index (χ0) is 14.0. The fourth-order valence-corrected chi connectivity index (χ4v) is 2.23. The summed E-state index contributed by atoms with van der Waals surface area (Å²) in [5, 5.41) is 22.8. The second-order valence-electron chi connectivity index (χ2n) is 4.72. The summed E-state index contributed by atoms with van der Waals surface area (Å²) in [7, 11) is 0. The van der Waals surface area contributed by atoms with Crippen molar-refractivity contribution in [2.24, 2.45) is 11.7 Å². The first kappa shape index (κ1) is 13.3. The van der Waals surface area contributed by atoms with Crippen LogP contribution in [0.1, 0.15) is 19.3 Å². The minimum absolute atomic E-state index is 0.0226. The number of nitro groups is 1. The van der Waals surface area contributed by atoms with E-state index in [1.165, 1.54) is 12.1 Å². The molecule has 1 aromatic carbocycles. The molecular formula is C12H15N3O4. The fraction of sp³-hybridized carbons (Fsp3) is 0.417. The van der Waals surface area contributed by atoms with Gasteiger partial charge in [-0.1, -0.05) is 0 Å². The molecule has 1 aromatic rings. The van der Waals surface area contributed by atoms with Crippen LogP contribution in [0.2, 0.25) is 0 Å². The summed E-state index contributed by atoms with van der Waals surface area (Å²) >= 11 is 0.